The van der Waals surface area contributed by atoms with Crippen molar-refractivity contribution < 1.29 is 23.7 Å². The van der Waals surface area contributed by atoms with Gasteiger partial charge in [0.15, 0.2) is 17.6 Å². The standard InChI is InChI=1S/C20H23NO5/c1-13(15-7-8-18-19(11-15)25-10-9-24-18)21-20(22)14(2)26-17-6-4-5-16(12-17)23-3/h4-8,11-14H,9-10H2,1-3H3,(H,21,22)/t13-,14-/m0/s1. The topological polar surface area (TPSA) is 66.0 Å². The van der Waals surface area contributed by atoms with Gasteiger partial charge in [-0.3, -0.25) is 4.79 Å². The molecule has 26 heavy (non-hydrogen) atoms. The second-order valence-corrected chi connectivity index (χ2v) is 6.07. The summed E-state index contributed by atoms with van der Waals surface area (Å²) in [6.45, 7) is 4.72. The molecule has 2 atom stereocenters. The van der Waals surface area contributed by atoms with E-state index in [0.717, 1.165) is 11.3 Å². The molecule has 0 aliphatic carbocycles. The fraction of sp³-hybridized carbons (Fsp3) is 0.350. The Bertz CT molecular complexity index is 777. The Hall–Kier alpha value is -2.89. The van der Waals surface area contributed by atoms with Crippen molar-refractivity contribution in [2.75, 3.05) is 20.3 Å². The first-order valence-electron chi connectivity index (χ1n) is 8.57. The molecule has 3 rings (SSSR count). The largest absolute Gasteiger partial charge is 0.497 e. The van der Waals surface area contributed by atoms with Crippen LogP contribution in [0.5, 0.6) is 23.0 Å². The number of benzene rings is 2. The number of fused-ring (bicyclic) bond motifs is 1. The summed E-state index contributed by atoms with van der Waals surface area (Å²) in [4.78, 5) is 12.5. The maximum Gasteiger partial charge on any atom is 0.261 e. The van der Waals surface area contributed by atoms with E-state index >= 15 is 0 Å². The molecule has 0 aromatic heterocycles. The van der Waals surface area contributed by atoms with Gasteiger partial charge in [-0.1, -0.05) is 12.1 Å². The maximum atomic E-state index is 12.5. The lowest BCUT2D eigenvalue weighted by Gasteiger charge is -2.22. The zero-order chi connectivity index (χ0) is 18.5. The predicted molar refractivity (Wildman–Crippen MR) is 97.1 cm³/mol. The van der Waals surface area contributed by atoms with Crippen LogP contribution in [0.1, 0.15) is 25.5 Å². The number of carbonyl (C=O) groups is 1. The first kappa shape index (κ1) is 17.9. The van der Waals surface area contributed by atoms with E-state index in [1.165, 1.54) is 0 Å². The molecule has 0 bridgehead atoms. The van der Waals surface area contributed by atoms with Gasteiger partial charge in [0.1, 0.15) is 24.7 Å². The Kier molecular flexibility index (Phi) is 5.51. The van der Waals surface area contributed by atoms with Gasteiger partial charge in [-0.15, -0.1) is 0 Å². The molecule has 1 heterocycles. The molecular weight excluding hydrogens is 334 g/mol. The normalized spacial score (nSPS) is 14.9. The van der Waals surface area contributed by atoms with E-state index < -0.39 is 6.10 Å². The predicted octanol–water partition coefficient (Wildman–Crippen LogP) is 3.11. The number of nitrogens with one attached hydrogen (secondary N) is 1. The molecule has 2 aromatic carbocycles. The number of rotatable bonds is 6. The Balaban J connectivity index is 1.61. The van der Waals surface area contributed by atoms with E-state index in [0.29, 0.717) is 30.5 Å². The van der Waals surface area contributed by atoms with Crippen LogP contribution < -0.4 is 24.3 Å². The second-order valence-electron chi connectivity index (χ2n) is 6.07. The summed E-state index contributed by atoms with van der Waals surface area (Å²) in [5, 5.41) is 2.96. The molecule has 0 saturated carbocycles. The highest BCUT2D eigenvalue weighted by molar-refractivity contribution is 5.81. The van der Waals surface area contributed by atoms with Crippen LogP contribution in [-0.2, 0) is 4.79 Å². The summed E-state index contributed by atoms with van der Waals surface area (Å²) >= 11 is 0. The van der Waals surface area contributed by atoms with Gasteiger partial charge in [-0.2, -0.15) is 0 Å². The molecular formula is C20H23NO5. The zero-order valence-corrected chi connectivity index (χ0v) is 15.2. The third-order valence-corrected chi connectivity index (χ3v) is 4.15. The minimum Gasteiger partial charge on any atom is -0.497 e. The van der Waals surface area contributed by atoms with Crippen LogP contribution in [0.25, 0.3) is 0 Å². The van der Waals surface area contributed by atoms with Gasteiger partial charge in [0, 0.05) is 6.07 Å². The Morgan fingerprint density at radius 2 is 1.77 bits per heavy atom. The van der Waals surface area contributed by atoms with Crippen LogP contribution in [0.2, 0.25) is 0 Å². The second kappa shape index (κ2) is 7.99. The number of methoxy groups -OCH3 is 1. The van der Waals surface area contributed by atoms with Crippen LogP contribution in [0.15, 0.2) is 42.5 Å². The molecule has 0 radical (unpaired) electrons. The smallest absolute Gasteiger partial charge is 0.261 e. The third kappa shape index (κ3) is 4.20. The quantitative estimate of drug-likeness (QED) is 0.860. The molecule has 0 fully saturated rings. The molecule has 138 valence electrons. The lowest BCUT2D eigenvalue weighted by atomic mass is 10.1. The number of ether oxygens (including phenoxy) is 4. The molecule has 0 unspecified atom stereocenters. The molecule has 2 aromatic rings. The number of hydrogen-bond donors (Lipinski definition) is 1. The van der Waals surface area contributed by atoms with Crippen molar-refractivity contribution in [2.45, 2.75) is 26.0 Å². The van der Waals surface area contributed by atoms with Gasteiger partial charge in [0.25, 0.3) is 5.91 Å². The average Bonchev–Trinajstić information content (AvgIpc) is 2.67. The molecule has 1 aliphatic heterocycles. The summed E-state index contributed by atoms with van der Waals surface area (Å²) in [6.07, 6.45) is -0.637. The van der Waals surface area contributed by atoms with Gasteiger partial charge in [0.2, 0.25) is 0 Å². The van der Waals surface area contributed by atoms with Gasteiger partial charge in [0.05, 0.1) is 13.2 Å². The zero-order valence-electron chi connectivity index (χ0n) is 15.2. The van der Waals surface area contributed by atoms with E-state index in [2.05, 4.69) is 5.32 Å². The van der Waals surface area contributed by atoms with Crippen molar-refractivity contribution in [3.8, 4) is 23.0 Å². The van der Waals surface area contributed by atoms with Gasteiger partial charge < -0.3 is 24.3 Å². The minimum absolute atomic E-state index is 0.185. The van der Waals surface area contributed by atoms with E-state index in [9.17, 15) is 4.79 Å². The van der Waals surface area contributed by atoms with Crippen molar-refractivity contribution in [2.24, 2.45) is 0 Å². The number of hydrogen-bond acceptors (Lipinski definition) is 5. The highest BCUT2D eigenvalue weighted by Crippen LogP contribution is 2.32. The van der Waals surface area contributed by atoms with Crippen LogP contribution in [-0.4, -0.2) is 32.3 Å². The fourth-order valence-electron chi connectivity index (χ4n) is 2.68. The Labute approximate surface area is 153 Å². The molecule has 6 heteroatoms. The van der Waals surface area contributed by atoms with Crippen molar-refractivity contribution in [3.63, 3.8) is 0 Å². The van der Waals surface area contributed by atoms with Crippen LogP contribution in [0.4, 0.5) is 0 Å². The lowest BCUT2D eigenvalue weighted by Crippen LogP contribution is -2.37. The first-order chi connectivity index (χ1) is 12.6. The molecule has 0 saturated heterocycles. The van der Waals surface area contributed by atoms with Crippen LogP contribution in [0, 0.1) is 0 Å². The van der Waals surface area contributed by atoms with Crippen LogP contribution in [0.3, 0.4) is 0 Å². The van der Waals surface area contributed by atoms with E-state index in [-0.39, 0.29) is 11.9 Å². The van der Waals surface area contributed by atoms with Gasteiger partial charge in [-0.05, 0) is 43.7 Å². The molecule has 1 amide bonds. The third-order valence-electron chi connectivity index (χ3n) is 4.15. The summed E-state index contributed by atoms with van der Waals surface area (Å²) < 4.78 is 22.0. The van der Waals surface area contributed by atoms with E-state index in [1.54, 1.807) is 26.2 Å². The van der Waals surface area contributed by atoms with Gasteiger partial charge >= 0.3 is 0 Å². The van der Waals surface area contributed by atoms with Crippen molar-refractivity contribution in [1.82, 2.24) is 5.32 Å². The maximum absolute atomic E-state index is 12.5. The summed E-state index contributed by atoms with van der Waals surface area (Å²) in [6, 6.07) is 12.7. The summed E-state index contributed by atoms with van der Waals surface area (Å²) in [5.74, 6) is 2.50. The van der Waals surface area contributed by atoms with Crippen molar-refractivity contribution >= 4 is 5.91 Å². The highest BCUT2D eigenvalue weighted by atomic mass is 16.6. The lowest BCUT2D eigenvalue weighted by molar-refractivity contribution is -0.127. The highest BCUT2D eigenvalue weighted by Gasteiger charge is 2.20. The van der Waals surface area contributed by atoms with Crippen molar-refractivity contribution in [3.05, 3.63) is 48.0 Å². The van der Waals surface area contributed by atoms with Crippen LogP contribution >= 0.6 is 0 Å². The fourth-order valence-corrected chi connectivity index (χ4v) is 2.68. The molecule has 0 spiro atoms. The Morgan fingerprint density at radius 3 is 2.54 bits per heavy atom. The monoisotopic (exact) mass is 357 g/mol. The summed E-state index contributed by atoms with van der Waals surface area (Å²) in [7, 11) is 1.59. The number of amides is 1. The van der Waals surface area contributed by atoms with E-state index in [1.807, 2.05) is 37.3 Å². The SMILES string of the molecule is COc1cccc(O[C@@H](C)C(=O)N[C@@H](C)c2ccc3c(c2)OCCO3)c1. The molecule has 1 N–H and O–H groups in total. The summed E-state index contributed by atoms with van der Waals surface area (Å²) in [5.41, 5.74) is 0.941. The molecule has 6 nitrogen and oxygen atoms in total. The minimum atomic E-state index is -0.637. The van der Waals surface area contributed by atoms with Gasteiger partial charge in [-0.25, -0.2) is 0 Å². The first-order valence-corrected chi connectivity index (χ1v) is 8.57. The van der Waals surface area contributed by atoms with Crippen molar-refractivity contribution in [1.29, 1.82) is 0 Å². The van der Waals surface area contributed by atoms with E-state index in [4.69, 9.17) is 18.9 Å². The Morgan fingerprint density at radius 1 is 1.04 bits per heavy atom. The number of carbonyl (C=O) groups excluding carboxylic acids is 1. The average molecular weight is 357 g/mol. The molecule has 1 aliphatic rings.